The molecule has 0 aliphatic carbocycles. The fourth-order valence-electron chi connectivity index (χ4n) is 4.17. The lowest BCUT2D eigenvalue weighted by molar-refractivity contribution is 0.594. The average Bonchev–Trinajstić information content (AvgIpc) is 3.47. The number of hydrogen-bond donors (Lipinski definition) is 1. The van der Waals surface area contributed by atoms with E-state index < -0.39 is 9.84 Å². The molecule has 0 saturated carbocycles. The molecular formula is C29H30IN5O2S. The summed E-state index contributed by atoms with van der Waals surface area (Å²) in [6, 6.07) is 18.7. The smallest absolute Gasteiger partial charge is 0.183 e. The number of imidazole rings is 2. The Kier molecular flexibility index (Phi) is 8.37. The summed E-state index contributed by atoms with van der Waals surface area (Å²) < 4.78 is 30.0. The number of aromatic nitrogens is 4. The van der Waals surface area contributed by atoms with Crippen LogP contribution in [0.25, 0.3) is 11.4 Å². The molecule has 38 heavy (non-hydrogen) atoms. The SMILES string of the molecule is Cc1cn(-c2ccc(CS(=O)(=O)c3ccccc3I)cc2C)cn1.Cc1cn(-c2ccc(N)cc2C)cn1. The van der Waals surface area contributed by atoms with Crippen LogP contribution in [0.2, 0.25) is 0 Å². The van der Waals surface area contributed by atoms with Gasteiger partial charge in [0, 0.05) is 33.0 Å². The number of anilines is 1. The first kappa shape index (κ1) is 27.6. The van der Waals surface area contributed by atoms with Gasteiger partial charge < -0.3 is 14.9 Å². The third-order valence-electron chi connectivity index (χ3n) is 5.99. The first-order valence-electron chi connectivity index (χ1n) is 12.0. The van der Waals surface area contributed by atoms with Gasteiger partial charge in [-0.2, -0.15) is 0 Å². The van der Waals surface area contributed by atoms with Crippen LogP contribution in [0.5, 0.6) is 0 Å². The molecule has 2 heterocycles. The lowest BCUT2D eigenvalue weighted by Gasteiger charge is -2.11. The normalized spacial score (nSPS) is 11.2. The fraction of sp³-hybridized carbons (Fsp3) is 0.172. The number of rotatable bonds is 5. The highest BCUT2D eigenvalue weighted by molar-refractivity contribution is 14.1. The number of nitrogens with two attached hydrogens (primary N) is 1. The van der Waals surface area contributed by atoms with Crippen LogP contribution in [-0.4, -0.2) is 27.5 Å². The molecule has 0 amide bonds. The lowest BCUT2D eigenvalue weighted by atomic mass is 10.1. The number of nitrogens with zero attached hydrogens (tertiary/aromatic N) is 4. The van der Waals surface area contributed by atoms with Crippen molar-refractivity contribution in [1.29, 1.82) is 0 Å². The summed E-state index contributed by atoms with van der Waals surface area (Å²) in [5.74, 6) is -0.00289. The molecule has 2 aromatic heterocycles. The van der Waals surface area contributed by atoms with Gasteiger partial charge in [-0.15, -0.1) is 0 Å². The summed E-state index contributed by atoms with van der Waals surface area (Å²) in [7, 11) is -3.36. The monoisotopic (exact) mass is 639 g/mol. The van der Waals surface area contributed by atoms with Crippen LogP contribution < -0.4 is 5.73 Å². The van der Waals surface area contributed by atoms with Crippen molar-refractivity contribution in [3.05, 3.63) is 117 Å². The minimum atomic E-state index is -3.36. The van der Waals surface area contributed by atoms with Crippen molar-refractivity contribution in [2.24, 2.45) is 0 Å². The van der Waals surface area contributed by atoms with Crippen molar-refractivity contribution < 1.29 is 8.42 Å². The summed E-state index contributed by atoms with van der Waals surface area (Å²) in [5, 5.41) is 0. The molecule has 3 aromatic carbocycles. The number of benzene rings is 3. The zero-order valence-electron chi connectivity index (χ0n) is 21.8. The van der Waals surface area contributed by atoms with Gasteiger partial charge in [-0.25, -0.2) is 18.4 Å². The van der Waals surface area contributed by atoms with E-state index in [2.05, 4.69) is 32.6 Å². The van der Waals surface area contributed by atoms with Crippen LogP contribution in [0.1, 0.15) is 28.1 Å². The second-order valence-corrected chi connectivity index (χ2v) is 12.3. The molecule has 0 radical (unpaired) electrons. The number of aryl methyl sites for hydroxylation is 4. The second-order valence-electron chi connectivity index (χ2n) is 9.20. The third-order valence-corrected chi connectivity index (χ3v) is 9.04. The molecule has 0 fully saturated rings. The molecular weight excluding hydrogens is 609 g/mol. The highest BCUT2D eigenvalue weighted by Crippen LogP contribution is 2.24. The van der Waals surface area contributed by atoms with Crippen LogP contribution in [0.4, 0.5) is 5.69 Å². The van der Waals surface area contributed by atoms with E-state index >= 15 is 0 Å². The Morgan fingerprint density at radius 3 is 1.84 bits per heavy atom. The van der Waals surface area contributed by atoms with Gasteiger partial charge in [-0.3, -0.25) is 0 Å². The highest BCUT2D eigenvalue weighted by Gasteiger charge is 2.18. The summed E-state index contributed by atoms with van der Waals surface area (Å²) in [6.07, 6.45) is 7.53. The van der Waals surface area contributed by atoms with E-state index in [-0.39, 0.29) is 5.75 Å². The topological polar surface area (TPSA) is 95.8 Å². The minimum absolute atomic E-state index is 0.00289. The molecule has 2 N–H and O–H groups in total. The zero-order chi connectivity index (χ0) is 27.4. The van der Waals surface area contributed by atoms with Gasteiger partial charge in [-0.1, -0.05) is 24.3 Å². The molecule has 0 saturated heterocycles. The average molecular weight is 640 g/mol. The Labute approximate surface area is 237 Å². The molecule has 0 bridgehead atoms. The van der Waals surface area contributed by atoms with Gasteiger partial charge in [0.1, 0.15) is 0 Å². The van der Waals surface area contributed by atoms with E-state index in [1.807, 2.05) is 104 Å². The minimum Gasteiger partial charge on any atom is -0.399 e. The molecule has 0 aliphatic rings. The number of nitrogen functional groups attached to an aromatic ring is 1. The van der Waals surface area contributed by atoms with Crippen LogP contribution in [0.15, 0.2) is 90.6 Å². The third kappa shape index (κ3) is 6.51. The Balaban J connectivity index is 0.000000204. The van der Waals surface area contributed by atoms with Crippen molar-refractivity contribution >= 4 is 38.1 Å². The molecule has 0 unspecified atom stereocenters. The van der Waals surface area contributed by atoms with Crippen molar-refractivity contribution in [2.45, 2.75) is 38.3 Å². The first-order valence-corrected chi connectivity index (χ1v) is 14.7. The molecule has 5 aromatic rings. The number of sulfone groups is 1. The largest absolute Gasteiger partial charge is 0.399 e. The Morgan fingerprint density at radius 2 is 1.34 bits per heavy atom. The molecule has 0 spiro atoms. The lowest BCUT2D eigenvalue weighted by Crippen LogP contribution is -2.07. The number of hydrogen-bond acceptors (Lipinski definition) is 5. The predicted octanol–water partition coefficient (Wildman–Crippen LogP) is 6.14. The van der Waals surface area contributed by atoms with Crippen LogP contribution in [0.3, 0.4) is 0 Å². The van der Waals surface area contributed by atoms with Crippen LogP contribution >= 0.6 is 22.6 Å². The van der Waals surface area contributed by atoms with E-state index in [1.54, 1.807) is 18.5 Å². The van der Waals surface area contributed by atoms with Gasteiger partial charge in [0.25, 0.3) is 0 Å². The van der Waals surface area contributed by atoms with Gasteiger partial charge in [-0.05, 0) is 103 Å². The van der Waals surface area contributed by atoms with Crippen molar-refractivity contribution in [2.75, 3.05) is 5.73 Å². The Hall–Kier alpha value is -3.44. The van der Waals surface area contributed by atoms with Crippen molar-refractivity contribution in [1.82, 2.24) is 19.1 Å². The van der Waals surface area contributed by atoms with E-state index in [9.17, 15) is 8.42 Å². The standard InChI is InChI=1S/C18H17IN2O2S.C11H13N3/c1-13-9-15(7-8-17(13)21-10-14(2)20-12-21)11-24(22,23)18-6-4-3-5-16(18)19;1-8-5-10(12)3-4-11(8)14-6-9(2)13-7-14/h3-10,12H,11H2,1-2H3;3-7H,12H2,1-2H3. The molecule has 7 nitrogen and oxygen atoms in total. The van der Waals surface area contributed by atoms with E-state index in [1.165, 1.54) is 0 Å². The van der Waals surface area contributed by atoms with E-state index in [4.69, 9.17) is 5.73 Å². The molecule has 0 atom stereocenters. The Morgan fingerprint density at radius 1 is 0.789 bits per heavy atom. The van der Waals surface area contributed by atoms with Gasteiger partial charge >= 0.3 is 0 Å². The summed E-state index contributed by atoms with van der Waals surface area (Å²) in [5.41, 5.74) is 13.5. The molecule has 9 heteroatoms. The second kappa shape index (κ2) is 11.5. The quantitative estimate of drug-likeness (QED) is 0.184. The van der Waals surface area contributed by atoms with Gasteiger partial charge in [0.2, 0.25) is 0 Å². The van der Waals surface area contributed by atoms with Gasteiger partial charge in [0.15, 0.2) is 9.84 Å². The van der Waals surface area contributed by atoms with Crippen molar-refractivity contribution in [3.63, 3.8) is 0 Å². The summed E-state index contributed by atoms with van der Waals surface area (Å²) in [6.45, 7) is 7.94. The van der Waals surface area contributed by atoms with E-state index in [0.717, 1.165) is 48.7 Å². The number of halogens is 1. The summed E-state index contributed by atoms with van der Waals surface area (Å²) >= 11 is 2.06. The van der Waals surface area contributed by atoms with Crippen molar-refractivity contribution in [3.8, 4) is 11.4 Å². The molecule has 0 aliphatic heterocycles. The van der Waals surface area contributed by atoms with E-state index in [0.29, 0.717) is 4.90 Å². The maximum atomic E-state index is 12.7. The maximum Gasteiger partial charge on any atom is 0.183 e. The van der Waals surface area contributed by atoms with Crippen LogP contribution in [0, 0.1) is 31.3 Å². The highest BCUT2D eigenvalue weighted by atomic mass is 127. The first-order chi connectivity index (χ1) is 18.0. The molecule has 5 rings (SSSR count). The maximum absolute atomic E-state index is 12.7. The summed E-state index contributed by atoms with van der Waals surface area (Å²) in [4.78, 5) is 8.81. The predicted molar refractivity (Wildman–Crippen MR) is 161 cm³/mol. The van der Waals surface area contributed by atoms with Crippen LogP contribution in [-0.2, 0) is 15.6 Å². The fourth-order valence-corrected chi connectivity index (χ4v) is 6.98. The molecule has 196 valence electrons. The Bertz CT molecular complexity index is 1690. The zero-order valence-corrected chi connectivity index (χ0v) is 24.7. The van der Waals surface area contributed by atoms with Gasteiger partial charge in [0.05, 0.1) is 34.7 Å².